The summed E-state index contributed by atoms with van der Waals surface area (Å²) in [4.78, 5) is 16.6. The molecule has 0 unspecified atom stereocenters. The number of hydrogen-bond donors (Lipinski definition) is 0. The Morgan fingerprint density at radius 2 is 1.72 bits per heavy atom. The van der Waals surface area contributed by atoms with E-state index in [1.54, 1.807) is 4.90 Å². The number of amides is 1. The third kappa shape index (κ3) is 5.73. The van der Waals surface area contributed by atoms with E-state index in [4.69, 9.17) is 4.74 Å². The van der Waals surface area contributed by atoms with Crippen LogP contribution in [0.25, 0.3) is 0 Å². The van der Waals surface area contributed by atoms with Crippen molar-refractivity contribution in [3.05, 3.63) is 59.7 Å². The molecule has 2 aromatic carbocycles. The fourth-order valence-corrected chi connectivity index (χ4v) is 5.13. The Hall–Kier alpha value is -2.54. The molecule has 1 aliphatic rings. The van der Waals surface area contributed by atoms with Crippen LogP contribution in [0.2, 0.25) is 0 Å². The molecule has 0 radical (unpaired) electrons. The van der Waals surface area contributed by atoms with Crippen LogP contribution in [-0.2, 0) is 21.2 Å². The summed E-state index contributed by atoms with van der Waals surface area (Å²) in [5.74, 6) is 0.557. The van der Waals surface area contributed by atoms with Gasteiger partial charge in [0.1, 0.15) is 5.75 Å². The molecule has 0 aliphatic carbocycles. The molecule has 1 fully saturated rings. The molecule has 0 spiro atoms. The summed E-state index contributed by atoms with van der Waals surface area (Å²) in [6, 6.07) is 15.1. The molecule has 1 atom stereocenters. The van der Waals surface area contributed by atoms with Gasteiger partial charge < -0.3 is 14.5 Å². The lowest BCUT2D eigenvalue weighted by atomic mass is 10.1. The van der Waals surface area contributed by atoms with E-state index in [1.165, 1.54) is 0 Å². The molecular formula is C22H28N2O4S. The fraction of sp³-hybridized carbons (Fsp3) is 0.409. The van der Waals surface area contributed by atoms with Crippen LogP contribution in [0.5, 0.6) is 5.75 Å². The molecule has 1 saturated heterocycles. The predicted octanol–water partition coefficient (Wildman–Crippen LogP) is 2.66. The molecular weight excluding hydrogens is 388 g/mol. The summed E-state index contributed by atoms with van der Waals surface area (Å²) < 4.78 is 29.6. The summed E-state index contributed by atoms with van der Waals surface area (Å²) in [5, 5.41) is 0. The Morgan fingerprint density at radius 3 is 2.28 bits per heavy atom. The summed E-state index contributed by atoms with van der Waals surface area (Å²) in [6.07, 6.45) is 0.467. The Bertz CT molecular complexity index is 938. The van der Waals surface area contributed by atoms with Crippen molar-refractivity contribution in [2.24, 2.45) is 0 Å². The lowest BCUT2D eigenvalue weighted by Crippen LogP contribution is -2.43. The number of hydrogen-bond acceptors (Lipinski definition) is 5. The van der Waals surface area contributed by atoms with Crippen molar-refractivity contribution in [2.75, 3.05) is 37.1 Å². The van der Waals surface area contributed by atoms with Gasteiger partial charge in [0.15, 0.2) is 16.4 Å². The van der Waals surface area contributed by atoms with Gasteiger partial charge in [-0.1, -0.05) is 29.8 Å². The van der Waals surface area contributed by atoms with Crippen molar-refractivity contribution in [1.82, 2.24) is 4.90 Å². The zero-order chi connectivity index (χ0) is 21.0. The average molecular weight is 417 g/mol. The molecule has 1 amide bonds. The number of ether oxygens (including phenoxy) is 1. The maximum atomic E-state index is 13.0. The maximum Gasteiger partial charge on any atom is 0.261 e. The van der Waals surface area contributed by atoms with Gasteiger partial charge in [0.25, 0.3) is 5.91 Å². The number of rotatable bonds is 7. The topological polar surface area (TPSA) is 66.9 Å². The lowest BCUT2D eigenvalue weighted by Gasteiger charge is -2.28. The quantitative estimate of drug-likeness (QED) is 0.694. The SMILES string of the molecule is Cc1ccc(OCC(=O)N(Cc2ccc(N(C)C)cc2)[C@H]2CCS(=O)(=O)C2)cc1. The molecule has 7 heteroatoms. The first kappa shape index (κ1) is 21.2. The van der Waals surface area contributed by atoms with Crippen molar-refractivity contribution in [1.29, 1.82) is 0 Å². The molecule has 29 heavy (non-hydrogen) atoms. The van der Waals surface area contributed by atoms with Gasteiger partial charge >= 0.3 is 0 Å². The predicted molar refractivity (Wildman–Crippen MR) is 115 cm³/mol. The van der Waals surface area contributed by atoms with Gasteiger partial charge in [0.05, 0.1) is 11.5 Å². The first-order valence-corrected chi connectivity index (χ1v) is 11.5. The van der Waals surface area contributed by atoms with E-state index in [2.05, 4.69) is 0 Å². The molecule has 0 bridgehead atoms. The molecule has 0 saturated carbocycles. The summed E-state index contributed by atoms with van der Waals surface area (Å²) in [7, 11) is 0.840. The normalized spacial score (nSPS) is 17.7. The molecule has 6 nitrogen and oxygen atoms in total. The van der Waals surface area contributed by atoms with E-state index in [0.29, 0.717) is 18.7 Å². The van der Waals surface area contributed by atoms with E-state index in [1.807, 2.05) is 74.4 Å². The van der Waals surface area contributed by atoms with Gasteiger partial charge in [-0.05, 0) is 43.2 Å². The van der Waals surface area contributed by atoms with Crippen LogP contribution < -0.4 is 9.64 Å². The average Bonchev–Trinajstić information content (AvgIpc) is 3.05. The van der Waals surface area contributed by atoms with E-state index in [0.717, 1.165) is 16.8 Å². The van der Waals surface area contributed by atoms with Crippen molar-refractivity contribution < 1.29 is 17.9 Å². The second-order valence-corrected chi connectivity index (χ2v) is 9.97. The second kappa shape index (κ2) is 8.86. The van der Waals surface area contributed by atoms with Crippen LogP contribution in [0, 0.1) is 6.92 Å². The van der Waals surface area contributed by atoms with Gasteiger partial charge in [-0.2, -0.15) is 0 Å². The van der Waals surface area contributed by atoms with E-state index in [-0.39, 0.29) is 30.1 Å². The second-order valence-electron chi connectivity index (χ2n) is 7.74. The van der Waals surface area contributed by atoms with Gasteiger partial charge in [0, 0.05) is 32.4 Å². The van der Waals surface area contributed by atoms with E-state index in [9.17, 15) is 13.2 Å². The highest BCUT2D eigenvalue weighted by molar-refractivity contribution is 7.91. The number of carbonyl (C=O) groups is 1. The highest BCUT2D eigenvalue weighted by Crippen LogP contribution is 2.22. The third-order valence-corrected chi connectivity index (χ3v) is 6.91. The Morgan fingerprint density at radius 1 is 1.07 bits per heavy atom. The first-order chi connectivity index (χ1) is 13.7. The lowest BCUT2D eigenvalue weighted by molar-refractivity contribution is -0.136. The number of carbonyl (C=O) groups excluding carboxylic acids is 1. The largest absolute Gasteiger partial charge is 0.484 e. The first-order valence-electron chi connectivity index (χ1n) is 9.69. The van der Waals surface area contributed by atoms with Crippen LogP contribution in [0.1, 0.15) is 17.5 Å². The standard InChI is InChI=1S/C22H28N2O4S/c1-17-4-10-21(11-5-17)28-15-22(25)24(20-12-13-29(26,27)16-20)14-18-6-8-19(9-7-18)23(2)3/h4-11,20H,12-16H2,1-3H3/t20-/m0/s1. The van der Waals surface area contributed by atoms with Crippen LogP contribution in [0.3, 0.4) is 0 Å². The van der Waals surface area contributed by atoms with Crippen LogP contribution in [0.4, 0.5) is 5.69 Å². The Balaban J connectivity index is 1.73. The van der Waals surface area contributed by atoms with Gasteiger partial charge in [-0.25, -0.2) is 8.42 Å². The van der Waals surface area contributed by atoms with Crippen molar-refractivity contribution in [3.8, 4) is 5.75 Å². The van der Waals surface area contributed by atoms with E-state index >= 15 is 0 Å². The van der Waals surface area contributed by atoms with Gasteiger partial charge in [-0.3, -0.25) is 4.79 Å². The van der Waals surface area contributed by atoms with Crippen molar-refractivity contribution in [2.45, 2.75) is 25.9 Å². The highest BCUT2D eigenvalue weighted by Gasteiger charge is 2.34. The number of anilines is 1. The third-order valence-electron chi connectivity index (χ3n) is 5.16. The van der Waals surface area contributed by atoms with Crippen LogP contribution in [0.15, 0.2) is 48.5 Å². The van der Waals surface area contributed by atoms with Crippen LogP contribution in [-0.4, -0.2) is 57.5 Å². The Kier molecular flexibility index (Phi) is 6.47. The fourth-order valence-electron chi connectivity index (χ4n) is 3.40. The maximum absolute atomic E-state index is 13.0. The zero-order valence-electron chi connectivity index (χ0n) is 17.2. The molecule has 3 rings (SSSR count). The minimum Gasteiger partial charge on any atom is -0.484 e. The van der Waals surface area contributed by atoms with Crippen molar-refractivity contribution in [3.63, 3.8) is 0 Å². The summed E-state index contributed by atoms with van der Waals surface area (Å²) in [6.45, 7) is 2.23. The highest BCUT2D eigenvalue weighted by atomic mass is 32.2. The van der Waals surface area contributed by atoms with Gasteiger partial charge in [0.2, 0.25) is 0 Å². The zero-order valence-corrected chi connectivity index (χ0v) is 18.0. The molecule has 156 valence electrons. The molecule has 1 heterocycles. The van der Waals surface area contributed by atoms with E-state index < -0.39 is 9.84 Å². The molecule has 0 aromatic heterocycles. The number of nitrogens with zero attached hydrogens (tertiary/aromatic N) is 2. The monoisotopic (exact) mass is 416 g/mol. The van der Waals surface area contributed by atoms with Crippen molar-refractivity contribution >= 4 is 21.4 Å². The van der Waals surface area contributed by atoms with Crippen LogP contribution >= 0.6 is 0 Å². The minimum atomic E-state index is -3.10. The smallest absolute Gasteiger partial charge is 0.261 e. The number of sulfone groups is 1. The summed E-state index contributed by atoms with van der Waals surface area (Å²) in [5.41, 5.74) is 3.14. The molecule has 2 aromatic rings. The molecule has 1 aliphatic heterocycles. The Labute approximate surface area is 173 Å². The number of benzene rings is 2. The van der Waals surface area contributed by atoms with Gasteiger partial charge in [-0.15, -0.1) is 0 Å². The summed E-state index contributed by atoms with van der Waals surface area (Å²) >= 11 is 0. The molecule has 0 N–H and O–H groups in total. The number of aryl methyl sites for hydroxylation is 1. The minimum absolute atomic E-state index is 0.0129.